The largest absolute Gasteiger partial charge is 0.497 e. The molecule has 0 aromatic heterocycles. The molecular formula is C12H20N2O2. The number of methoxy groups -OCH3 is 2. The monoisotopic (exact) mass is 224 g/mol. The minimum Gasteiger partial charge on any atom is -0.497 e. The van der Waals surface area contributed by atoms with Crippen LogP contribution < -0.4 is 20.9 Å². The van der Waals surface area contributed by atoms with Crippen LogP contribution in [0.15, 0.2) is 18.2 Å². The molecule has 1 aromatic rings. The van der Waals surface area contributed by atoms with Crippen LogP contribution in [0.1, 0.15) is 25.5 Å². The molecule has 4 N–H and O–H groups in total. The minimum absolute atomic E-state index is 0.284. The van der Waals surface area contributed by atoms with Gasteiger partial charge in [-0.1, -0.05) is 6.07 Å². The van der Waals surface area contributed by atoms with Crippen molar-refractivity contribution in [2.75, 3.05) is 14.2 Å². The smallest absolute Gasteiger partial charge is 0.127 e. The maximum atomic E-state index is 6.09. The van der Waals surface area contributed by atoms with E-state index >= 15 is 0 Å². The minimum atomic E-state index is -0.498. The molecule has 0 fully saturated rings. The summed E-state index contributed by atoms with van der Waals surface area (Å²) in [6, 6.07) is 5.26. The van der Waals surface area contributed by atoms with Crippen molar-refractivity contribution >= 4 is 0 Å². The quantitative estimate of drug-likeness (QED) is 0.812. The molecule has 0 saturated carbocycles. The highest BCUT2D eigenvalue weighted by Crippen LogP contribution is 2.32. The fourth-order valence-electron chi connectivity index (χ4n) is 1.48. The maximum Gasteiger partial charge on any atom is 0.127 e. The predicted octanol–water partition coefficient (Wildman–Crippen LogP) is 1.44. The first-order chi connectivity index (χ1) is 7.40. The summed E-state index contributed by atoms with van der Waals surface area (Å²) in [5.74, 6) is 1.44. The van der Waals surface area contributed by atoms with Crippen LogP contribution in [0.5, 0.6) is 11.5 Å². The van der Waals surface area contributed by atoms with Crippen molar-refractivity contribution in [2.24, 2.45) is 11.5 Å². The zero-order chi connectivity index (χ0) is 12.3. The van der Waals surface area contributed by atoms with Gasteiger partial charge in [-0.2, -0.15) is 0 Å². The van der Waals surface area contributed by atoms with Crippen molar-refractivity contribution in [3.05, 3.63) is 23.8 Å². The Hall–Kier alpha value is -1.26. The van der Waals surface area contributed by atoms with Gasteiger partial charge in [0.2, 0.25) is 0 Å². The zero-order valence-electron chi connectivity index (χ0n) is 10.3. The molecule has 4 heteroatoms. The van der Waals surface area contributed by atoms with Crippen molar-refractivity contribution in [2.45, 2.75) is 25.4 Å². The first-order valence-electron chi connectivity index (χ1n) is 5.16. The van der Waals surface area contributed by atoms with Crippen molar-refractivity contribution in [3.63, 3.8) is 0 Å². The van der Waals surface area contributed by atoms with Gasteiger partial charge in [-0.15, -0.1) is 0 Å². The molecule has 1 rings (SSSR count). The van der Waals surface area contributed by atoms with Crippen LogP contribution in [0.25, 0.3) is 0 Å². The van der Waals surface area contributed by atoms with Crippen molar-refractivity contribution in [1.29, 1.82) is 0 Å². The Morgan fingerprint density at radius 1 is 1.19 bits per heavy atom. The highest BCUT2D eigenvalue weighted by atomic mass is 16.5. The average molecular weight is 224 g/mol. The Labute approximate surface area is 96.5 Å². The average Bonchev–Trinajstić information content (AvgIpc) is 2.26. The molecule has 4 nitrogen and oxygen atoms in total. The second-order valence-corrected chi connectivity index (χ2v) is 4.41. The first-order valence-corrected chi connectivity index (χ1v) is 5.16. The first kappa shape index (κ1) is 12.8. The number of benzene rings is 1. The second kappa shape index (κ2) is 4.72. The van der Waals surface area contributed by atoms with E-state index in [0.717, 1.165) is 11.3 Å². The van der Waals surface area contributed by atoms with E-state index in [2.05, 4.69) is 0 Å². The molecule has 1 atom stereocenters. The molecule has 0 aliphatic rings. The van der Waals surface area contributed by atoms with Crippen LogP contribution in [0, 0.1) is 0 Å². The van der Waals surface area contributed by atoms with E-state index in [1.807, 2.05) is 26.0 Å². The highest BCUT2D eigenvalue weighted by molar-refractivity contribution is 5.43. The van der Waals surface area contributed by atoms with Gasteiger partial charge in [0.15, 0.2) is 0 Å². The van der Waals surface area contributed by atoms with Gasteiger partial charge in [-0.25, -0.2) is 0 Å². The van der Waals surface area contributed by atoms with Crippen molar-refractivity contribution < 1.29 is 9.47 Å². The molecular weight excluding hydrogens is 204 g/mol. The normalized spacial score (nSPS) is 13.4. The summed E-state index contributed by atoms with van der Waals surface area (Å²) in [5.41, 5.74) is 12.5. The van der Waals surface area contributed by atoms with E-state index in [9.17, 15) is 0 Å². The zero-order valence-corrected chi connectivity index (χ0v) is 10.3. The lowest BCUT2D eigenvalue weighted by atomic mass is 9.90. The fraction of sp³-hybridized carbons (Fsp3) is 0.500. The SMILES string of the molecule is COc1ccc(C(N)C(C)(C)N)c(OC)c1. The molecule has 16 heavy (non-hydrogen) atoms. The van der Waals surface area contributed by atoms with E-state index in [1.54, 1.807) is 20.3 Å². The Balaban J connectivity index is 3.14. The van der Waals surface area contributed by atoms with Gasteiger partial charge in [0.05, 0.1) is 20.3 Å². The topological polar surface area (TPSA) is 70.5 Å². The van der Waals surface area contributed by atoms with E-state index in [1.165, 1.54) is 0 Å². The standard InChI is InChI=1S/C12H20N2O2/c1-12(2,14)11(13)9-6-5-8(15-3)7-10(9)16-4/h5-7,11H,13-14H2,1-4H3. The number of hydrogen-bond acceptors (Lipinski definition) is 4. The van der Waals surface area contributed by atoms with E-state index in [-0.39, 0.29) is 6.04 Å². The second-order valence-electron chi connectivity index (χ2n) is 4.41. The van der Waals surface area contributed by atoms with Gasteiger partial charge in [-0.3, -0.25) is 0 Å². The fourth-order valence-corrected chi connectivity index (χ4v) is 1.48. The summed E-state index contributed by atoms with van der Waals surface area (Å²) in [6.07, 6.45) is 0. The maximum absolute atomic E-state index is 6.09. The van der Waals surface area contributed by atoms with E-state index < -0.39 is 5.54 Å². The summed E-state index contributed by atoms with van der Waals surface area (Å²) >= 11 is 0. The lowest BCUT2D eigenvalue weighted by Gasteiger charge is -2.28. The Kier molecular flexibility index (Phi) is 3.78. The lowest BCUT2D eigenvalue weighted by molar-refractivity contribution is 0.369. The van der Waals surface area contributed by atoms with E-state index in [4.69, 9.17) is 20.9 Å². The Morgan fingerprint density at radius 2 is 1.81 bits per heavy atom. The van der Waals surface area contributed by atoms with Gasteiger partial charge in [0.1, 0.15) is 11.5 Å². The third-order valence-electron chi connectivity index (χ3n) is 2.58. The van der Waals surface area contributed by atoms with Gasteiger partial charge in [0.25, 0.3) is 0 Å². The molecule has 0 aliphatic carbocycles. The third-order valence-corrected chi connectivity index (χ3v) is 2.58. The molecule has 0 aliphatic heterocycles. The number of nitrogens with two attached hydrogens (primary N) is 2. The molecule has 0 radical (unpaired) electrons. The summed E-state index contributed by atoms with van der Waals surface area (Å²) < 4.78 is 10.4. The van der Waals surface area contributed by atoms with E-state index in [0.29, 0.717) is 5.75 Å². The number of ether oxygens (including phenoxy) is 2. The Morgan fingerprint density at radius 3 is 2.25 bits per heavy atom. The molecule has 0 bridgehead atoms. The summed E-state index contributed by atoms with van der Waals surface area (Å²) in [6.45, 7) is 3.78. The third kappa shape index (κ3) is 2.65. The van der Waals surface area contributed by atoms with Crippen LogP contribution in [-0.2, 0) is 0 Å². The van der Waals surface area contributed by atoms with Gasteiger partial charge in [0, 0.05) is 17.2 Å². The van der Waals surface area contributed by atoms with Crippen molar-refractivity contribution in [3.8, 4) is 11.5 Å². The molecule has 1 unspecified atom stereocenters. The van der Waals surface area contributed by atoms with Crippen LogP contribution in [0.4, 0.5) is 0 Å². The number of rotatable bonds is 4. The van der Waals surface area contributed by atoms with Crippen LogP contribution in [0.3, 0.4) is 0 Å². The highest BCUT2D eigenvalue weighted by Gasteiger charge is 2.25. The van der Waals surface area contributed by atoms with Gasteiger partial charge < -0.3 is 20.9 Å². The Bertz CT molecular complexity index is 359. The molecule has 0 saturated heterocycles. The molecule has 1 aromatic carbocycles. The summed E-state index contributed by atoms with van der Waals surface area (Å²) in [5, 5.41) is 0. The molecule has 90 valence electrons. The summed E-state index contributed by atoms with van der Waals surface area (Å²) in [4.78, 5) is 0. The molecule has 0 spiro atoms. The summed E-state index contributed by atoms with van der Waals surface area (Å²) in [7, 11) is 3.22. The van der Waals surface area contributed by atoms with Crippen LogP contribution in [-0.4, -0.2) is 19.8 Å². The number of hydrogen-bond donors (Lipinski definition) is 2. The van der Waals surface area contributed by atoms with Crippen LogP contribution in [0.2, 0.25) is 0 Å². The van der Waals surface area contributed by atoms with Crippen molar-refractivity contribution in [1.82, 2.24) is 0 Å². The molecule has 0 amide bonds. The van der Waals surface area contributed by atoms with Gasteiger partial charge in [-0.05, 0) is 19.9 Å². The predicted molar refractivity (Wildman–Crippen MR) is 64.7 cm³/mol. The molecule has 0 heterocycles. The lowest BCUT2D eigenvalue weighted by Crippen LogP contribution is -2.43. The van der Waals surface area contributed by atoms with Crippen LogP contribution >= 0.6 is 0 Å². The van der Waals surface area contributed by atoms with Gasteiger partial charge >= 0.3 is 0 Å².